The van der Waals surface area contributed by atoms with Crippen molar-refractivity contribution in [2.24, 2.45) is 5.92 Å². The van der Waals surface area contributed by atoms with Crippen LogP contribution in [0.25, 0.3) is 0 Å². The molecule has 138 valence electrons. The molecule has 6 nitrogen and oxygen atoms in total. The van der Waals surface area contributed by atoms with E-state index in [0.29, 0.717) is 31.2 Å². The van der Waals surface area contributed by atoms with Crippen molar-refractivity contribution in [3.8, 4) is 17.6 Å². The number of nitrogens with one attached hydrogen (secondary N) is 2. The second-order valence-electron chi connectivity index (χ2n) is 6.85. The third-order valence-electron chi connectivity index (χ3n) is 4.84. The summed E-state index contributed by atoms with van der Waals surface area (Å²) in [5.41, 5.74) is 2.59. The smallest absolute Gasteiger partial charge is 0.315 e. The highest BCUT2D eigenvalue weighted by molar-refractivity contribution is 5.74. The van der Waals surface area contributed by atoms with Crippen molar-refractivity contribution >= 4 is 6.03 Å². The minimum atomic E-state index is -0.203. The van der Waals surface area contributed by atoms with Crippen LogP contribution >= 0.6 is 0 Å². The molecule has 2 aromatic carbocycles. The van der Waals surface area contributed by atoms with Crippen molar-refractivity contribution in [2.75, 3.05) is 13.2 Å². The number of hydrogen-bond donors (Lipinski definition) is 2. The Morgan fingerprint density at radius 2 is 1.85 bits per heavy atom. The van der Waals surface area contributed by atoms with Crippen LogP contribution in [0.3, 0.4) is 0 Å². The summed E-state index contributed by atoms with van der Waals surface area (Å²) in [6, 6.07) is 14.9. The van der Waals surface area contributed by atoms with Gasteiger partial charge in [0.1, 0.15) is 13.2 Å². The van der Waals surface area contributed by atoms with Crippen LogP contribution in [0.5, 0.6) is 11.5 Å². The highest BCUT2D eigenvalue weighted by Gasteiger charge is 2.34. The van der Waals surface area contributed by atoms with Gasteiger partial charge in [0, 0.05) is 6.54 Å². The molecular weight excluding hydrogens is 342 g/mol. The molecular formula is C21H21N3O3. The van der Waals surface area contributed by atoms with E-state index in [9.17, 15) is 4.79 Å². The highest BCUT2D eigenvalue weighted by atomic mass is 16.6. The van der Waals surface area contributed by atoms with Crippen LogP contribution in [0.2, 0.25) is 0 Å². The SMILES string of the molecule is N#Cc1ccc(CNC(=O)NC(c2ccc3c(c2)OCCO3)C2CC2)cc1. The number of urea groups is 1. The highest BCUT2D eigenvalue weighted by Crippen LogP contribution is 2.43. The molecule has 0 radical (unpaired) electrons. The van der Waals surface area contributed by atoms with Crippen LogP contribution < -0.4 is 20.1 Å². The van der Waals surface area contributed by atoms with E-state index in [1.54, 1.807) is 12.1 Å². The van der Waals surface area contributed by atoms with Gasteiger partial charge in [-0.3, -0.25) is 0 Å². The molecule has 2 aliphatic rings. The van der Waals surface area contributed by atoms with E-state index in [4.69, 9.17) is 14.7 Å². The molecule has 0 aromatic heterocycles. The van der Waals surface area contributed by atoms with Crippen molar-refractivity contribution in [1.82, 2.24) is 10.6 Å². The molecule has 2 aromatic rings. The van der Waals surface area contributed by atoms with Gasteiger partial charge in [-0.05, 0) is 54.2 Å². The number of benzene rings is 2. The number of carbonyl (C=O) groups excluding carboxylic acids is 1. The molecule has 0 spiro atoms. The van der Waals surface area contributed by atoms with Gasteiger partial charge in [-0.1, -0.05) is 18.2 Å². The summed E-state index contributed by atoms with van der Waals surface area (Å²) in [6.07, 6.45) is 2.21. The summed E-state index contributed by atoms with van der Waals surface area (Å²) < 4.78 is 11.2. The zero-order valence-corrected chi connectivity index (χ0v) is 14.9. The minimum absolute atomic E-state index is 0.0400. The van der Waals surface area contributed by atoms with Crippen molar-refractivity contribution in [1.29, 1.82) is 5.26 Å². The molecule has 1 aliphatic heterocycles. The molecule has 6 heteroatoms. The lowest BCUT2D eigenvalue weighted by Crippen LogP contribution is -2.38. The van der Waals surface area contributed by atoms with E-state index >= 15 is 0 Å². The zero-order chi connectivity index (χ0) is 18.6. The predicted molar refractivity (Wildman–Crippen MR) is 99.4 cm³/mol. The first-order valence-electron chi connectivity index (χ1n) is 9.16. The Bertz CT molecular complexity index is 869. The van der Waals surface area contributed by atoms with Gasteiger partial charge >= 0.3 is 6.03 Å². The Kier molecular flexibility index (Phi) is 4.84. The Hall–Kier alpha value is -3.20. The van der Waals surface area contributed by atoms with Gasteiger partial charge in [0.05, 0.1) is 17.7 Å². The van der Waals surface area contributed by atoms with Crippen molar-refractivity contribution < 1.29 is 14.3 Å². The second kappa shape index (κ2) is 7.58. The first-order chi connectivity index (χ1) is 13.2. The van der Waals surface area contributed by atoms with Crippen molar-refractivity contribution in [3.63, 3.8) is 0 Å². The molecule has 2 N–H and O–H groups in total. The number of fused-ring (bicyclic) bond motifs is 1. The molecule has 4 rings (SSSR count). The maximum absolute atomic E-state index is 12.4. The van der Waals surface area contributed by atoms with E-state index < -0.39 is 0 Å². The molecule has 0 bridgehead atoms. The number of carbonyl (C=O) groups is 1. The normalized spacial score (nSPS) is 16.1. The average Bonchev–Trinajstić information content (AvgIpc) is 3.55. The number of ether oxygens (including phenoxy) is 2. The van der Waals surface area contributed by atoms with Gasteiger partial charge in [0.15, 0.2) is 11.5 Å². The molecule has 1 unspecified atom stereocenters. The molecule has 1 atom stereocenters. The van der Waals surface area contributed by atoms with E-state index in [1.807, 2.05) is 30.3 Å². The van der Waals surface area contributed by atoms with Crippen LogP contribution in [0, 0.1) is 17.2 Å². The Morgan fingerprint density at radius 1 is 1.11 bits per heavy atom. The summed E-state index contributed by atoms with van der Waals surface area (Å²) in [4.78, 5) is 12.4. The number of amides is 2. The third kappa shape index (κ3) is 4.14. The van der Waals surface area contributed by atoms with Crippen LogP contribution in [-0.2, 0) is 6.54 Å². The summed E-state index contributed by atoms with van der Waals surface area (Å²) in [7, 11) is 0. The maximum atomic E-state index is 12.4. The minimum Gasteiger partial charge on any atom is -0.486 e. The Balaban J connectivity index is 1.39. The fourth-order valence-electron chi connectivity index (χ4n) is 3.23. The van der Waals surface area contributed by atoms with Gasteiger partial charge in [0.2, 0.25) is 0 Å². The van der Waals surface area contributed by atoms with Gasteiger partial charge < -0.3 is 20.1 Å². The first-order valence-corrected chi connectivity index (χ1v) is 9.16. The van der Waals surface area contributed by atoms with Crippen LogP contribution in [0.1, 0.15) is 35.6 Å². The fourth-order valence-corrected chi connectivity index (χ4v) is 3.23. The van der Waals surface area contributed by atoms with Gasteiger partial charge in [0.25, 0.3) is 0 Å². The summed E-state index contributed by atoms with van der Waals surface area (Å²) >= 11 is 0. The fraction of sp³-hybridized carbons (Fsp3) is 0.333. The standard InChI is InChI=1S/C21H21N3O3/c22-12-14-1-3-15(4-2-14)13-23-21(25)24-20(16-5-6-16)17-7-8-18-19(11-17)27-10-9-26-18/h1-4,7-8,11,16,20H,5-6,9-10,13H2,(H2,23,24,25). The van der Waals surface area contributed by atoms with Crippen molar-refractivity contribution in [2.45, 2.75) is 25.4 Å². The number of hydrogen-bond acceptors (Lipinski definition) is 4. The van der Waals surface area contributed by atoms with Gasteiger partial charge in [-0.25, -0.2) is 4.79 Å². The van der Waals surface area contributed by atoms with E-state index in [2.05, 4.69) is 16.7 Å². The van der Waals surface area contributed by atoms with E-state index in [-0.39, 0.29) is 12.1 Å². The zero-order valence-electron chi connectivity index (χ0n) is 14.9. The maximum Gasteiger partial charge on any atom is 0.315 e. The molecule has 1 fully saturated rings. The molecule has 1 heterocycles. The predicted octanol–water partition coefficient (Wildman–Crippen LogP) is 3.28. The Morgan fingerprint density at radius 3 is 2.56 bits per heavy atom. The van der Waals surface area contributed by atoms with Crippen molar-refractivity contribution in [3.05, 3.63) is 59.2 Å². The molecule has 2 amide bonds. The lowest BCUT2D eigenvalue weighted by molar-refractivity contribution is 0.171. The van der Waals surface area contributed by atoms with Gasteiger partial charge in [-0.15, -0.1) is 0 Å². The summed E-state index contributed by atoms with van der Waals surface area (Å²) in [5.74, 6) is 1.95. The summed E-state index contributed by atoms with van der Waals surface area (Å²) in [5, 5.41) is 14.8. The van der Waals surface area contributed by atoms with Crippen LogP contribution in [0.4, 0.5) is 4.79 Å². The van der Waals surface area contributed by atoms with Gasteiger partial charge in [-0.2, -0.15) is 5.26 Å². The second-order valence-corrected chi connectivity index (χ2v) is 6.85. The lowest BCUT2D eigenvalue weighted by atomic mass is 10.0. The van der Waals surface area contributed by atoms with E-state index in [0.717, 1.165) is 35.5 Å². The Labute approximate surface area is 158 Å². The molecule has 27 heavy (non-hydrogen) atoms. The molecule has 1 aliphatic carbocycles. The number of nitriles is 1. The molecule has 1 saturated carbocycles. The largest absolute Gasteiger partial charge is 0.486 e. The summed E-state index contributed by atoms with van der Waals surface area (Å²) in [6.45, 7) is 1.52. The monoisotopic (exact) mass is 363 g/mol. The first kappa shape index (κ1) is 17.2. The van der Waals surface area contributed by atoms with Crippen LogP contribution in [-0.4, -0.2) is 19.2 Å². The molecule has 0 saturated heterocycles. The number of nitrogens with zero attached hydrogens (tertiary/aromatic N) is 1. The third-order valence-corrected chi connectivity index (χ3v) is 4.84. The van der Waals surface area contributed by atoms with E-state index in [1.165, 1.54) is 0 Å². The topological polar surface area (TPSA) is 83.4 Å². The number of rotatable bonds is 5. The average molecular weight is 363 g/mol. The van der Waals surface area contributed by atoms with Crippen LogP contribution in [0.15, 0.2) is 42.5 Å². The lowest BCUT2D eigenvalue weighted by Gasteiger charge is -2.23. The quantitative estimate of drug-likeness (QED) is 0.854.